The quantitative estimate of drug-likeness (QED) is 0.682. The van der Waals surface area contributed by atoms with Gasteiger partial charge in [0.15, 0.2) is 0 Å². The summed E-state index contributed by atoms with van der Waals surface area (Å²) in [4.78, 5) is 13.7. The molecule has 15 heavy (non-hydrogen) atoms. The zero-order valence-electron chi connectivity index (χ0n) is 10.1. The number of carbonyl (C=O) groups excluding carboxylic acids is 1. The van der Waals surface area contributed by atoms with Crippen LogP contribution in [0.2, 0.25) is 0 Å². The predicted octanol–water partition coefficient (Wildman–Crippen LogP) is 1.65. The van der Waals surface area contributed by atoms with Gasteiger partial charge in [-0.1, -0.05) is 13.8 Å². The van der Waals surface area contributed by atoms with E-state index in [-0.39, 0.29) is 17.9 Å². The minimum atomic E-state index is 0.233. The summed E-state index contributed by atoms with van der Waals surface area (Å²) in [6.45, 7) is 5.38. The lowest BCUT2D eigenvalue weighted by Crippen LogP contribution is -2.30. The van der Waals surface area contributed by atoms with Crippen molar-refractivity contribution < 1.29 is 9.90 Å². The van der Waals surface area contributed by atoms with Gasteiger partial charge >= 0.3 is 0 Å². The van der Waals surface area contributed by atoms with E-state index in [0.717, 1.165) is 32.2 Å². The SMILES string of the molecule is CN(CCCCCO)C(=O)C1CC1(C)C. The predicted molar refractivity (Wildman–Crippen MR) is 60.5 cm³/mol. The topological polar surface area (TPSA) is 40.5 Å². The first-order valence-electron chi connectivity index (χ1n) is 5.85. The Morgan fingerprint density at radius 1 is 1.40 bits per heavy atom. The first kappa shape index (κ1) is 12.5. The molecular weight excluding hydrogens is 190 g/mol. The van der Waals surface area contributed by atoms with E-state index >= 15 is 0 Å². The van der Waals surface area contributed by atoms with Gasteiger partial charge in [0.1, 0.15) is 0 Å². The number of unbranched alkanes of at least 4 members (excludes halogenated alkanes) is 2. The molecule has 0 bridgehead atoms. The molecule has 3 heteroatoms. The van der Waals surface area contributed by atoms with Gasteiger partial charge in [0.25, 0.3) is 0 Å². The van der Waals surface area contributed by atoms with Gasteiger partial charge in [-0.15, -0.1) is 0 Å². The minimum Gasteiger partial charge on any atom is -0.396 e. The molecule has 1 aliphatic carbocycles. The van der Waals surface area contributed by atoms with Crippen LogP contribution in [0.5, 0.6) is 0 Å². The van der Waals surface area contributed by atoms with E-state index in [1.165, 1.54) is 0 Å². The Labute approximate surface area is 92.5 Å². The maximum Gasteiger partial charge on any atom is 0.225 e. The fourth-order valence-electron chi connectivity index (χ4n) is 1.90. The van der Waals surface area contributed by atoms with E-state index in [0.29, 0.717) is 5.91 Å². The highest BCUT2D eigenvalue weighted by Crippen LogP contribution is 2.52. The molecule has 0 aromatic heterocycles. The smallest absolute Gasteiger partial charge is 0.225 e. The molecule has 1 N–H and O–H groups in total. The molecule has 0 saturated heterocycles. The van der Waals surface area contributed by atoms with Crippen LogP contribution in [0.25, 0.3) is 0 Å². The standard InChI is InChI=1S/C12H23NO2/c1-12(2)9-10(12)11(15)13(3)7-5-4-6-8-14/h10,14H,4-9H2,1-3H3. The van der Waals surface area contributed by atoms with Crippen molar-refractivity contribution in [2.24, 2.45) is 11.3 Å². The van der Waals surface area contributed by atoms with Crippen molar-refractivity contribution in [3.63, 3.8) is 0 Å². The van der Waals surface area contributed by atoms with E-state index in [2.05, 4.69) is 13.8 Å². The minimum absolute atomic E-state index is 0.233. The summed E-state index contributed by atoms with van der Waals surface area (Å²) >= 11 is 0. The maximum absolute atomic E-state index is 11.9. The van der Waals surface area contributed by atoms with Crippen molar-refractivity contribution in [1.82, 2.24) is 4.90 Å². The lowest BCUT2D eigenvalue weighted by atomic mass is 10.1. The zero-order valence-corrected chi connectivity index (χ0v) is 10.1. The van der Waals surface area contributed by atoms with Crippen LogP contribution in [0.15, 0.2) is 0 Å². The third-order valence-corrected chi connectivity index (χ3v) is 3.34. The first-order chi connectivity index (χ1) is 6.99. The monoisotopic (exact) mass is 213 g/mol. The molecule has 1 saturated carbocycles. The summed E-state index contributed by atoms with van der Waals surface area (Å²) in [5.74, 6) is 0.546. The van der Waals surface area contributed by atoms with Crippen LogP contribution in [-0.4, -0.2) is 36.1 Å². The summed E-state index contributed by atoms with van der Waals surface area (Å²) in [6, 6.07) is 0. The largest absolute Gasteiger partial charge is 0.396 e. The fourth-order valence-corrected chi connectivity index (χ4v) is 1.90. The number of amides is 1. The molecule has 0 heterocycles. The van der Waals surface area contributed by atoms with Crippen molar-refractivity contribution in [3.8, 4) is 0 Å². The average molecular weight is 213 g/mol. The highest BCUT2D eigenvalue weighted by molar-refractivity contribution is 5.82. The van der Waals surface area contributed by atoms with Gasteiger partial charge in [-0.05, 0) is 31.1 Å². The molecule has 0 radical (unpaired) electrons. The van der Waals surface area contributed by atoms with Crippen LogP contribution in [-0.2, 0) is 4.79 Å². The van der Waals surface area contributed by atoms with Crippen molar-refractivity contribution in [1.29, 1.82) is 0 Å². The highest BCUT2D eigenvalue weighted by atomic mass is 16.2. The van der Waals surface area contributed by atoms with Gasteiger partial charge in [-0.3, -0.25) is 4.79 Å². The number of carbonyl (C=O) groups is 1. The van der Waals surface area contributed by atoms with Gasteiger partial charge < -0.3 is 10.0 Å². The van der Waals surface area contributed by atoms with E-state index in [4.69, 9.17) is 5.11 Å². The molecular formula is C12H23NO2. The second-order valence-corrected chi connectivity index (χ2v) is 5.29. The van der Waals surface area contributed by atoms with E-state index in [1.807, 2.05) is 11.9 Å². The van der Waals surface area contributed by atoms with Crippen LogP contribution in [0, 0.1) is 11.3 Å². The molecule has 1 amide bonds. The number of rotatable bonds is 6. The Morgan fingerprint density at radius 2 is 2.00 bits per heavy atom. The summed E-state index contributed by atoms with van der Waals surface area (Å²) < 4.78 is 0. The normalized spacial score (nSPS) is 22.5. The number of nitrogens with zero attached hydrogens (tertiary/aromatic N) is 1. The summed E-state index contributed by atoms with van der Waals surface area (Å²) in [5.41, 5.74) is 0.233. The van der Waals surface area contributed by atoms with Crippen LogP contribution in [0.1, 0.15) is 39.5 Å². The van der Waals surface area contributed by atoms with Gasteiger partial charge in [0, 0.05) is 26.1 Å². The molecule has 0 spiro atoms. The van der Waals surface area contributed by atoms with Crippen LogP contribution in [0.4, 0.5) is 0 Å². The third-order valence-electron chi connectivity index (χ3n) is 3.34. The fraction of sp³-hybridized carbons (Fsp3) is 0.917. The van der Waals surface area contributed by atoms with E-state index < -0.39 is 0 Å². The number of aliphatic hydroxyl groups is 1. The van der Waals surface area contributed by atoms with Crippen molar-refractivity contribution >= 4 is 5.91 Å². The van der Waals surface area contributed by atoms with Crippen molar-refractivity contribution in [3.05, 3.63) is 0 Å². The van der Waals surface area contributed by atoms with E-state index in [9.17, 15) is 4.79 Å². The molecule has 1 unspecified atom stereocenters. The molecule has 1 rings (SSSR count). The lowest BCUT2D eigenvalue weighted by molar-refractivity contribution is -0.132. The Balaban J connectivity index is 2.17. The molecule has 1 atom stereocenters. The second kappa shape index (κ2) is 4.97. The summed E-state index contributed by atoms with van der Waals surface area (Å²) in [5, 5.41) is 8.63. The lowest BCUT2D eigenvalue weighted by Gasteiger charge is -2.17. The van der Waals surface area contributed by atoms with Crippen LogP contribution < -0.4 is 0 Å². The number of aliphatic hydroxyl groups excluding tert-OH is 1. The van der Waals surface area contributed by atoms with Gasteiger partial charge in [-0.25, -0.2) is 0 Å². The Morgan fingerprint density at radius 3 is 2.47 bits per heavy atom. The molecule has 0 aliphatic heterocycles. The van der Waals surface area contributed by atoms with Gasteiger partial charge in [-0.2, -0.15) is 0 Å². The number of hydrogen-bond donors (Lipinski definition) is 1. The maximum atomic E-state index is 11.9. The Kier molecular flexibility index (Phi) is 4.14. The van der Waals surface area contributed by atoms with Gasteiger partial charge in [0.05, 0.1) is 0 Å². The molecule has 1 aliphatic rings. The van der Waals surface area contributed by atoms with E-state index in [1.54, 1.807) is 0 Å². The summed E-state index contributed by atoms with van der Waals surface area (Å²) in [6.07, 6.45) is 3.88. The average Bonchev–Trinajstić information content (AvgIpc) is 2.81. The zero-order chi connectivity index (χ0) is 11.5. The van der Waals surface area contributed by atoms with Gasteiger partial charge in [0.2, 0.25) is 5.91 Å². The molecule has 0 aromatic carbocycles. The first-order valence-corrected chi connectivity index (χ1v) is 5.85. The Hall–Kier alpha value is -0.570. The van der Waals surface area contributed by atoms with Crippen LogP contribution in [0.3, 0.4) is 0 Å². The molecule has 88 valence electrons. The molecule has 0 aromatic rings. The third kappa shape index (κ3) is 3.49. The second-order valence-electron chi connectivity index (χ2n) is 5.29. The number of hydrogen-bond acceptors (Lipinski definition) is 2. The molecule has 1 fully saturated rings. The van der Waals surface area contributed by atoms with Crippen molar-refractivity contribution in [2.45, 2.75) is 39.5 Å². The Bertz CT molecular complexity index is 226. The summed E-state index contributed by atoms with van der Waals surface area (Å²) in [7, 11) is 1.88. The highest BCUT2D eigenvalue weighted by Gasteiger charge is 2.51. The van der Waals surface area contributed by atoms with Crippen molar-refractivity contribution in [2.75, 3.05) is 20.2 Å². The van der Waals surface area contributed by atoms with Crippen LogP contribution >= 0.6 is 0 Å². The molecule has 3 nitrogen and oxygen atoms in total.